The zero-order valence-corrected chi connectivity index (χ0v) is 14.0. The molecule has 1 aliphatic rings. The molecule has 1 rings (SSSR count). The van der Waals surface area contributed by atoms with Crippen LogP contribution < -0.4 is 11.1 Å². The summed E-state index contributed by atoms with van der Waals surface area (Å²) in [5.74, 6) is 1.07. The summed E-state index contributed by atoms with van der Waals surface area (Å²) in [7, 11) is 0. The maximum Gasteiger partial charge on any atom is 0.238 e. The number of aliphatic hydroxyl groups is 1. The molecular formula is C15H30N2O2S. The van der Waals surface area contributed by atoms with Crippen LogP contribution >= 0.6 is 11.8 Å². The summed E-state index contributed by atoms with van der Waals surface area (Å²) in [4.78, 5) is 12.0. The van der Waals surface area contributed by atoms with Gasteiger partial charge in [-0.3, -0.25) is 4.79 Å². The Morgan fingerprint density at radius 3 is 2.60 bits per heavy atom. The lowest BCUT2D eigenvalue weighted by Gasteiger charge is -2.35. The first kappa shape index (κ1) is 17.8. The maximum atomic E-state index is 12.0. The van der Waals surface area contributed by atoms with Crippen molar-refractivity contribution in [2.24, 2.45) is 11.7 Å². The smallest absolute Gasteiger partial charge is 0.238 e. The van der Waals surface area contributed by atoms with Gasteiger partial charge in [-0.2, -0.15) is 11.8 Å². The highest BCUT2D eigenvalue weighted by Crippen LogP contribution is 2.39. The zero-order valence-electron chi connectivity index (χ0n) is 13.2. The van der Waals surface area contributed by atoms with E-state index in [1.54, 1.807) is 11.8 Å². The van der Waals surface area contributed by atoms with E-state index in [4.69, 9.17) is 5.73 Å². The molecule has 4 atom stereocenters. The predicted octanol–water partition coefficient (Wildman–Crippen LogP) is 1.90. The Kier molecular flexibility index (Phi) is 6.82. The van der Waals surface area contributed by atoms with E-state index in [1.165, 1.54) is 0 Å². The Bertz CT molecular complexity index is 323. The van der Waals surface area contributed by atoms with E-state index < -0.39 is 5.54 Å². The van der Waals surface area contributed by atoms with Crippen molar-refractivity contribution >= 4 is 17.7 Å². The third-order valence-corrected chi connectivity index (χ3v) is 5.72. The van der Waals surface area contributed by atoms with Crippen LogP contribution in [0, 0.1) is 5.92 Å². The van der Waals surface area contributed by atoms with E-state index in [0.29, 0.717) is 5.92 Å². The highest BCUT2D eigenvalue weighted by Gasteiger charge is 2.47. The first-order valence-electron chi connectivity index (χ1n) is 7.67. The normalized spacial score (nSPS) is 29.6. The average molecular weight is 302 g/mol. The quantitative estimate of drug-likeness (QED) is 0.640. The van der Waals surface area contributed by atoms with Crippen molar-refractivity contribution in [3.8, 4) is 0 Å². The number of hydrogen-bond acceptors (Lipinski definition) is 4. The molecule has 0 aromatic carbocycles. The number of amides is 1. The molecule has 1 saturated carbocycles. The van der Waals surface area contributed by atoms with Gasteiger partial charge in [0.2, 0.25) is 5.91 Å². The molecule has 4 N–H and O–H groups in total. The number of carbonyl (C=O) groups excluding carboxylic acids is 1. The fourth-order valence-electron chi connectivity index (χ4n) is 3.10. The molecule has 0 radical (unpaired) electrons. The van der Waals surface area contributed by atoms with Crippen LogP contribution in [0.5, 0.6) is 0 Å². The Labute approximate surface area is 127 Å². The number of nitrogens with one attached hydrogen (secondary N) is 1. The van der Waals surface area contributed by atoms with E-state index in [2.05, 4.69) is 19.2 Å². The van der Waals surface area contributed by atoms with Gasteiger partial charge in [-0.25, -0.2) is 0 Å². The standard InChI is InChI=1S/C15H30N2O2S/c1-10(2)17-15(14(16)19)8-5-6-13(15)7-9-20-12(4)11(3)18/h10-13,17-18H,5-9H2,1-4H3,(H2,16,19). The molecule has 0 heterocycles. The summed E-state index contributed by atoms with van der Waals surface area (Å²) < 4.78 is 0. The van der Waals surface area contributed by atoms with Crippen LogP contribution in [0.2, 0.25) is 0 Å². The molecule has 0 aromatic heterocycles. The first-order chi connectivity index (χ1) is 9.29. The number of rotatable bonds is 8. The Morgan fingerprint density at radius 2 is 2.10 bits per heavy atom. The van der Waals surface area contributed by atoms with Crippen LogP contribution in [0.4, 0.5) is 0 Å². The van der Waals surface area contributed by atoms with Crippen LogP contribution in [0.1, 0.15) is 53.4 Å². The molecule has 0 saturated heterocycles. The average Bonchev–Trinajstić information content (AvgIpc) is 2.72. The number of carbonyl (C=O) groups is 1. The lowest BCUT2D eigenvalue weighted by molar-refractivity contribution is -0.126. The minimum atomic E-state index is -0.525. The van der Waals surface area contributed by atoms with Gasteiger partial charge in [-0.05, 0) is 51.7 Å². The second-order valence-corrected chi connectivity index (χ2v) is 7.81. The number of thioether (sulfide) groups is 1. The zero-order chi connectivity index (χ0) is 15.3. The minimum absolute atomic E-state index is 0.206. The topological polar surface area (TPSA) is 75.3 Å². The lowest BCUT2D eigenvalue weighted by Crippen LogP contribution is -2.60. The Morgan fingerprint density at radius 1 is 1.45 bits per heavy atom. The molecule has 0 aliphatic heterocycles. The minimum Gasteiger partial charge on any atom is -0.392 e. The van der Waals surface area contributed by atoms with Gasteiger partial charge in [0.15, 0.2) is 0 Å². The molecule has 0 aromatic rings. The Hall–Kier alpha value is -0.260. The fourth-order valence-corrected chi connectivity index (χ4v) is 4.18. The summed E-state index contributed by atoms with van der Waals surface area (Å²) in [5.41, 5.74) is 5.18. The largest absolute Gasteiger partial charge is 0.392 e. The van der Waals surface area contributed by atoms with Gasteiger partial charge in [-0.1, -0.05) is 13.3 Å². The van der Waals surface area contributed by atoms with Crippen molar-refractivity contribution in [2.75, 3.05) is 5.75 Å². The molecular weight excluding hydrogens is 272 g/mol. The molecule has 118 valence electrons. The molecule has 20 heavy (non-hydrogen) atoms. The van der Waals surface area contributed by atoms with Gasteiger partial charge in [0, 0.05) is 11.3 Å². The van der Waals surface area contributed by atoms with E-state index in [1.807, 2.05) is 13.8 Å². The maximum absolute atomic E-state index is 12.0. The van der Waals surface area contributed by atoms with Gasteiger partial charge >= 0.3 is 0 Å². The van der Waals surface area contributed by atoms with Crippen molar-refractivity contribution in [3.63, 3.8) is 0 Å². The van der Waals surface area contributed by atoms with Crippen LogP contribution in [0.25, 0.3) is 0 Å². The number of aliphatic hydroxyl groups excluding tert-OH is 1. The highest BCUT2D eigenvalue weighted by molar-refractivity contribution is 7.99. The van der Waals surface area contributed by atoms with Crippen LogP contribution in [0.15, 0.2) is 0 Å². The second kappa shape index (κ2) is 7.66. The summed E-state index contributed by atoms with van der Waals surface area (Å²) in [6.45, 7) is 7.98. The summed E-state index contributed by atoms with van der Waals surface area (Å²) >= 11 is 1.77. The van der Waals surface area contributed by atoms with E-state index in [9.17, 15) is 9.90 Å². The molecule has 0 spiro atoms. The molecule has 1 fully saturated rings. The van der Waals surface area contributed by atoms with Crippen LogP contribution in [-0.2, 0) is 4.79 Å². The van der Waals surface area contributed by atoms with Gasteiger partial charge in [0.05, 0.1) is 6.10 Å². The molecule has 4 unspecified atom stereocenters. The molecule has 0 bridgehead atoms. The summed E-state index contributed by atoms with van der Waals surface area (Å²) in [6, 6.07) is 0.257. The van der Waals surface area contributed by atoms with Gasteiger partial charge < -0.3 is 16.2 Å². The highest BCUT2D eigenvalue weighted by atomic mass is 32.2. The van der Waals surface area contributed by atoms with Crippen molar-refractivity contribution in [3.05, 3.63) is 0 Å². The molecule has 4 nitrogen and oxygen atoms in total. The SMILES string of the molecule is CC(C)NC1(C(N)=O)CCCC1CCSC(C)C(C)O. The van der Waals surface area contributed by atoms with Gasteiger partial charge in [0.25, 0.3) is 0 Å². The first-order valence-corrected chi connectivity index (χ1v) is 8.71. The summed E-state index contributed by atoms with van der Waals surface area (Å²) in [6.07, 6.45) is 3.65. The van der Waals surface area contributed by atoms with Crippen LogP contribution in [-0.4, -0.2) is 39.7 Å². The summed E-state index contributed by atoms with van der Waals surface area (Å²) in [5, 5.41) is 13.2. The Balaban J connectivity index is 2.60. The predicted molar refractivity (Wildman–Crippen MR) is 85.8 cm³/mol. The number of hydrogen-bond donors (Lipinski definition) is 3. The lowest BCUT2D eigenvalue weighted by atomic mass is 9.83. The second-order valence-electron chi connectivity index (χ2n) is 6.33. The van der Waals surface area contributed by atoms with E-state index >= 15 is 0 Å². The third kappa shape index (κ3) is 4.37. The molecule has 1 aliphatic carbocycles. The van der Waals surface area contributed by atoms with Gasteiger partial charge in [-0.15, -0.1) is 0 Å². The van der Waals surface area contributed by atoms with Crippen LogP contribution in [0.3, 0.4) is 0 Å². The van der Waals surface area contributed by atoms with Crippen molar-refractivity contribution in [1.82, 2.24) is 5.32 Å². The van der Waals surface area contributed by atoms with Crippen molar-refractivity contribution in [2.45, 2.75) is 76.3 Å². The van der Waals surface area contributed by atoms with Crippen molar-refractivity contribution in [1.29, 1.82) is 0 Å². The molecule has 1 amide bonds. The number of nitrogens with two attached hydrogens (primary N) is 1. The monoisotopic (exact) mass is 302 g/mol. The van der Waals surface area contributed by atoms with Gasteiger partial charge in [0.1, 0.15) is 5.54 Å². The number of primary amides is 1. The van der Waals surface area contributed by atoms with E-state index in [0.717, 1.165) is 31.4 Å². The fraction of sp³-hybridized carbons (Fsp3) is 0.933. The van der Waals surface area contributed by atoms with E-state index in [-0.39, 0.29) is 23.3 Å². The van der Waals surface area contributed by atoms with Crippen molar-refractivity contribution < 1.29 is 9.90 Å². The third-order valence-electron chi connectivity index (χ3n) is 4.33. The molecule has 5 heteroatoms.